The van der Waals surface area contributed by atoms with Crippen LogP contribution >= 0.6 is 35.6 Å². The van der Waals surface area contributed by atoms with Gasteiger partial charge in [-0.15, -0.1) is 24.0 Å². The van der Waals surface area contributed by atoms with E-state index in [4.69, 9.17) is 16.3 Å². The molecule has 6 nitrogen and oxygen atoms in total. The summed E-state index contributed by atoms with van der Waals surface area (Å²) in [6.45, 7) is 4.28. The van der Waals surface area contributed by atoms with Gasteiger partial charge in [0.25, 0.3) is 0 Å². The van der Waals surface area contributed by atoms with Crippen molar-refractivity contribution in [1.29, 1.82) is 0 Å². The first kappa shape index (κ1) is 20.4. The highest BCUT2D eigenvalue weighted by molar-refractivity contribution is 14.0. The standard InChI is InChI=1S/C15H24ClN5O.HI/c1-17-15(20-10-13-11-21(2)7-8-22-13)18-6-5-12-3-4-14(16)19-9-12;/h3-4,9,13H,5-8,10-11H2,1-2H3,(H2,17,18,20);1H. The molecular weight excluding hydrogens is 429 g/mol. The highest BCUT2D eigenvalue weighted by atomic mass is 127. The molecule has 2 rings (SSSR count). The third kappa shape index (κ3) is 7.65. The van der Waals surface area contributed by atoms with Crippen LogP contribution in [0.1, 0.15) is 5.56 Å². The summed E-state index contributed by atoms with van der Waals surface area (Å²) in [5.74, 6) is 0.791. The molecule has 1 aliphatic rings. The SMILES string of the molecule is CN=C(NCCc1ccc(Cl)nc1)NCC1CN(C)CCO1.I. The molecule has 0 aromatic carbocycles. The second-order valence-corrected chi connectivity index (χ2v) is 5.76. The summed E-state index contributed by atoms with van der Waals surface area (Å²) < 4.78 is 5.72. The summed E-state index contributed by atoms with van der Waals surface area (Å²) in [7, 11) is 3.88. The predicted molar refractivity (Wildman–Crippen MR) is 105 cm³/mol. The van der Waals surface area contributed by atoms with Crippen molar-refractivity contribution in [2.75, 3.05) is 46.9 Å². The molecule has 1 aromatic rings. The molecule has 0 saturated carbocycles. The van der Waals surface area contributed by atoms with Gasteiger partial charge < -0.3 is 20.3 Å². The summed E-state index contributed by atoms with van der Waals surface area (Å²) in [6.07, 6.45) is 2.87. The summed E-state index contributed by atoms with van der Waals surface area (Å²) in [5, 5.41) is 7.12. The van der Waals surface area contributed by atoms with Gasteiger partial charge in [0.05, 0.1) is 12.7 Å². The minimum atomic E-state index is 0. The van der Waals surface area contributed by atoms with Gasteiger partial charge in [0, 0.05) is 39.4 Å². The van der Waals surface area contributed by atoms with Crippen molar-refractivity contribution in [3.8, 4) is 0 Å². The van der Waals surface area contributed by atoms with Crippen LogP contribution in [-0.4, -0.2) is 68.8 Å². The Morgan fingerprint density at radius 2 is 2.30 bits per heavy atom. The molecule has 2 N–H and O–H groups in total. The number of halogens is 2. The lowest BCUT2D eigenvalue weighted by Gasteiger charge is -2.30. The van der Waals surface area contributed by atoms with Crippen molar-refractivity contribution in [3.05, 3.63) is 29.0 Å². The Bertz CT molecular complexity index is 485. The second-order valence-electron chi connectivity index (χ2n) is 5.37. The Morgan fingerprint density at radius 1 is 1.48 bits per heavy atom. The Hall–Kier alpha value is -0.640. The molecule has 0 spiro atoms. The number of guanidine groups is 1. The fraction of sp³-hybridized carbons (Fsp3) is 0.600. The summed E-state index contributed by atoms with van der Waals surface area (Å²) in [6, 6.07) is 3.79. The third-order valence-electron chi connectivity index (χ3n) is 3.56. The van der Waals surface area contributed by atoms with Gasteiger partial charge >= 0.3 is 0 Å². The quantitative estimate of drug-likeness (QED) is 0.305. The van der Waals surface area contributed by atoms with Crippen molar-refractivity contribution in [2.45, 2.75) is 12.5 Å². The average Bonchev–Trinajstić information content (AvgIpc) is 2.52. The van der Waals surface area contributed by atoms with Gasteiger partial charge in [0.2, 0.25) is 0 Å². The number of hydrogen-bond acceptors (Lipinski definition) is 4. The molecule has 0 bridgehead atoms. The van der Waals surface area contributed by atoms with E-state index < -0.39 is 0 Å². The molecular formula is C15H25ClIN5O. The summed E-state index contributed by atoms with van der Waals surface area (Å²) in [4.78, 5) is 10.6. The minimum absolute atomic E-state index is 0. The first-order valence-corrected chi connectivity index (χ1v) is 7.90. The van der Waals surface area contributed by atoms with E-state index in [1.807, 2.05) is 6.07 Å². The van der Waals surface area contributed by atoms with Crippen molar-refractivity contribution in [1.82, 2.24) is 20.5 Å². The zero-order valence-corrected chi connectivity index (χ0v) is 16.7. The number of aromatic nitrogens is 1. The summed E-state index contributed by atoms with van der Waals surface area (Å²) >= 11 is 5.77. The molecule has 130 valence electrons. The Morgan fingerprint density at radius 3 is 2.96 bits per heavy atom. The van der Waals surface area contributed by atoms with Gasteiger partial charge in [-0.1, -0.05) is 17.7 Å². The van der Waals surface area contributed by atoms with Crippen molar-refractivity contribution in [3.63, 3.8) is 0 Å². The van der Waals surface area contributed by atoms with Crippen LogP contribution in [0.2, 0.25) is 5.15 Å². The molecule has 8 heteroatoms. The molecule has 0 amide bonds. The van der Waals surface area contributed by atoms with Crippen molar-refractivity contribution in [2.24, 2.45) is 4.99 Å². The van der Waals surface area contributed by atoms with Crippen LogP contribution in [0.25, 0.3) is 0 Å². The van der Waals surface area contributed by atoms with Crippen LogP contribution < -0.4 is 10.6 Å². The normalized spacial score (nSPS) is 19.1. The van der Waals surface area contributed by atoms with E-state index in [0.717, 1.165) is 50.7 Å². The molecule has 1 fully saturated rings. The number of ether oxygens (including phenoxy) is 1. The first-order valence-electron chi connectivity index (χ1n) is 7.52. The third-order valence-corrected chi connectivity index (χ3v) is 3.78. The molecule has 1 atom stereocenters. The number of rotatable bonds is 5. The van der Waals surface area contributed by atoms with E-state index in [2.05, 4.69) is 32.6 Å². The second kappa shape index (κ2) is 11.0. The van der Waals surface area contributed by atoms with Gasteiger partial charge in [-0.25, -0.2) is 4.98 Å². The molecule has 2 heterocycles. The van der Waals surface area contributed by atoms with Gasteiger partial charge in [0.15, 0.2) is 5.96 Å². The lowest BCUT2D eigenvalue weighted by Crippen LogP contribution is -2.48. The average molecular weight is 454 g/mol. The number of pyridine rings is 1. The maximum absolute atomic E-state index is 5.77. The van der Waals surface area contributed by atoms with Crippen LogP contribution in [0.15, 0.2) is 23.3 Å². The monoisotopic (exact) mass is 453 g/mol. The van der Waals surface area contributed by atoms with E-state index in [0.29, 0.717) is 5.15 Å². The maximum Gasteiger partial charge on any atom is 0.191 e. The molecule has 1 aliphatic heterocycles. The lowest BCUT2D eigenvalue weighted by atomic mass is 10.2. The van der Waals surface area contributed by atoms with Crippen LogP contribution in [-0.2, 0) is 11.2 Å². The highest BCUT2D eigenvalue weighted by Crippen LogP contribution is 2.05. The topological polar surface area (TPSA) is 61.8 Å². The molecule has 1 unspecified atom stereocenters. The van der Waals surface area contributed by atoms with Crippen molar-refractivity contribution >= 4 is 41.5 Å². The van der Waals surface area contributed by atoms with E-state index >= 15 is 0 Å². The van der Waals surface area contributed by atoms with E-state index in [1.54, 1.807) is 19.3 Å². The van der Waals surface area contributed by atoms with Gasteiger partial charge in [-0.05, 0) is 25.1 Å². The highest BCUT2D eigenvalue weighted by Gasteiger charge is 2.17. The molecule has 1 saturated heterocycles. The first-order chi connectivity index (χ1) is 10.7. The Labute approximate surface area is 160 Å². The van der Waals surface area contributed by atoms with Gasteiger partial charge in [-0.3, -0.25) is 4.99 Å². The number of nitrogens with one attached hydrogen (secondary N) is 2. The van der Waals surface area contributed by atoms with E-state index in [-0.39, 0.29) is 30.1 Å². The van der Waals surface area contributed by atoms with E-state index in [9.17, 15) is 0 Å². The fourth-order valence-electron chi connectivity index (χ4n) is 2.30. The van der Waals surface area contributed by atoms with Gasteiger partial charge in [0.1, 0.15) is 5.15 Å². The molecule has 23 heavy (non-hydrogen) atoms. The number of nitrogens with zero attached hydrogens (tertiary/aromatic N) is 3. The van der Waals surface area contributed by atoms with Crippen LogP contribution in [0.3, 0.4) is 0 Å². The molecule has 0 radical (unpaired) electrons. The zero-order valence-electron chi connectivity index (χ0n) is 13.6. The number of morpholine rings is 1. The largest absolute Gasteiger partial charge is 0.374 e. The van der Waals surface area contributed by atoms with Crippen LogP contribution in [0.4, 0.5) is 0 Å². The number of likely N-dealkylation sites (N-methyl/N-ethyl adjacent to an activating group) is 1. The fourth-order valence-corrected chi connectivity index (χ4v) is 2.41. The minimum Gasteiger partial charge on any atom is -0.374 e. The van der Waals surface area contributed by atoms with Crippen LogP contribution in [0.5, 0.6) is 0 Å². The van der Waals surface area contributed by atoms with Gasteiger partial charge in [-0.2, -0.15) is 0 Å². The zero-order chi connectivity index (χ0) is 15.8. The number of hydrogen-bond donors (Lipinski definition) is 2. The predicted octanol–water partition coefficient (Wildman–Crippen LogP) is 1.39. The van der Waals surface area contributed by atoms with Crippen molar-refractivity contribution < 1.29 is 4.74 Å². The number of aliphatic imine (C=N–C) groups is 1. The lowest BCUT2D eigenvalue weighted by molar-refractivity contribution is -0.0161. The van der Waals surface area contributed by atoms with Crippen LogP contribution in [0, 0.1) is 0 Å². The smallest absolute Gasteiger partial charge is 0.191 e. The van der Waals surface area contributed by atoms with E-state index in [1.165, 1.54) is 0 Å². The Balaban J connectivity index is 0.00000264. The molecule has 0 aliphatic carbocycles. The Kier molecular flexibility index (Phi) is 9.77. The molecule has 1 aromatic heterocycles. The summed E-state index contributed by atoms with van der Waals surface area (Å²) in [5.41, 5.74) is 1.14. The maximum atomic E-state index is 5.77.